The predicted octanol–water partition coefficient (Wildman–Crippen LogP) is 3.20. The van der Waals surface area contributed by atoms with E-state index in [-0.39, 0.29) is 39.8 Å². The minimum absolute atomic E-state index is 0.0368. The molecule has 1 N–H and O–H groups in total. The SMILES string of the molecule is O=C(O)c1ccn(CC(c2ccc(-c3c(-n4cnnn4)ccc(Cl)c3F)c[n+]2[O-])n2cc(-c3ccncc3)cn2)n1. The fourth-order valence-corrected chi connectivity index (χ4v) is 4.60. The van der Waals surface area contributed by atoms with E-state index in [1.165, 1.54) is 40.2 Å². The van der Waals surface area contributed by atoms with Crippen molar-refractivity contribution >= 4 is 17.6 Å². The van der Waals surface area contributed by atoms with Crippen molar-refractivity contribution in [3.05, 3.63) is 113 Å². The highest BCUT2D eigenvalue weighted by Gasteiger charge is 2.27. The van der Waals surface area contributed by atoms with E-state index >= 15 is 4.39 Å². The monoisotopic (exact) mass is 572 g/mol. The minimum atomic E-state index is -1.18. The fraction of sp³-hybridized carbons (Fsp3) is 0.0769. The van der Waals surface area contributed by atoms with Gasteiger partial charge in [0.15, 0.2) is 23.7 Å². The molecule has 0 radical (unpaired) electrons. The molecule has 6 rings (SSSR count). The van der Waals surface area contributed by atoms with Gasteiger partial charge in [0.2, 0.25) is 5.69 Å². The van der Waals surface area contributed by atoms with Crippen molar-refractivity contribution in [1.82, 2.24) is 44.8 Å². The zero-order chi connectivity index (χ0) is 28.5. The first-order valence-corrected chi connectivity index (χ1v) is 12.4. The number of nitrogens with zero attached hydrogens (tertiary/aromatic N) is 10. The quantitative estimate of drug-likeness (QED) is 0.214. The molecular weight excluding hydrogens is 555 g/mol. The molecular formula is C26H18ClFN10O3. The zero-order valence-electron chi connectivity index (χ0n) is 20.9. The normalized spacial score (nSPS) is 12.0. The lowest BCUT2D eigenvalue weighted by atomic mass is 10.0. The third kappa shape index (κ3) is 4.98. The summed E-state index contributed by atoms with van der Waals surface area (Å²) in [6, 6.07) is 10.3. The van der Waals surface area contributed by atoms with Crippen molar-refractivity contribution in [2.45, 2.75) is 12.6 Å². The van der Waals surface area contributed by atoms with Crippen LogP contribution in [0.25, 0.3) is 27.9 Å². The first-order valence-electron chi connectivity index (χ1n) is 12.0. The maximum absolute atomic E-state index is 15.3. The lowest BCUT2D eigenvalue weighted by Gasteiger charge is -2.18. The van der Waals surface area contributed by atoms with Crippen molar-refractivity contribution in [2.24, 2.45) is 0 Å². The van der Waals surface area contributed by atoms with Crippen LogP contribution in [-0.2, 0) is 6.54 Å². The van der Waals surface area contributed by atoms with Crippen LogP contribution in [0.4, 0.5) is 4.39 Å². The Morgan fingerprint density at radius 3 is 2.63 bits per heavy atom. The van der Waals surface area contributed by atoms with Gasteiger partial charge in [0.05, 0.1) is 34.6 Å². The second-order valence-electron chi connectivity index (χ2n) is 8.87. The highest BCUT2D eigenvalue weighted by Crippen LogP contribution is 2.33. The molecule has 13 nitrogen and oxygen atoms in total. The van der Waals surface area contributed by atoms with Gasteiger partial charge in [0.25, 0.3) is 0 Å². The van der Waals surface area contributed by atoms with Gasteiger partial charge in [-0.15, -0.1) is 5.10 Å². The molecule has 5 heterocycles. The van der Waals surface area contributed by atoms with Crippen LogP contribution in [0, 0.1) is 11.0 Å². The molecule has 0 aliphatic rings. The van der Waals surface area contributed by atoms with Gasteiger partial charge in [-0.2, -0.15) is 19.6 Å². The molecule has 0 saturated carbocycles. The Kier molecular flexibility index (Phi) is 6.65. The van der Waals surface area contributed by atoms with E-state index < -0.39 is 17.8 Å². The average molecular weight is 573 g/mol. The lowest BCUT2D eigenvalue weighted by Crippen LogP contribution is -2.37. The van der Waals surface area contributed by atoms with Crippen molar-refractivity contribution in [3.8, 4) is 27.9 Å². The van der Waals surface area contributed by atoms with Crippen LogP contribution in [0.5, 0.6) is 0 Å². The Balaban J connectivity index is 1.43. The van der Waals surface area contributed by atoms with E-state index in [2.05, 4.69) is 30.7 Å². The van der Waals surface area contributed by atoms with E-state index in [0.717, 1.165) is 11.1 Å². The molecule has 0 spiro atoms. The summed E-state index contributed by atoms with van der Waals surface area (Å²) in [5.41, 5.74) is 2.32. The molecule has 1 atom stereocenters. The van der Waals surface area contributed by atoms with Gasteiger partial charge in [0.1, 0.15) is 6.33 Å². The Bertz CT molecular complexity index is 1860. The van der Waals surface area contributed by atoms with Crippen molar-refractivity contribution in [3.63, 3.8) is 0 Å². The molecule has 0 amide bonds. The number of hydrogen-bond acceptors (Lipinski definition) is 8. The summed E-state index contributed by atoms with van der Waals surface area (Å²) in [6.45, 7) is 0.0771. The summed E-state index contributed by atoms with van der Waals surface area (Å²) < 4.78 is 20.2. The fourth-order valence-electron chi connectivity index (χ4n) is 4.45. The summed E-state index contributed by atoms with van der Waals surface area (Å²) in [4.78, 5) is 15.4. The lowest BCUT2D eigenvalue weighted by molar-refractivity contribution is -0.615. The van der Waals surface area contributed by atoms with E-state index in [1.54, 1.807) is 47.7 Å². The summed E-state index contributed by atoms with van der Waals surface area (Å²) in [7, 11) is 0. The molecule has 41 heavy (non-hydrogen) atoms. The maximum Gasteiger partial charge on any atom is 0.356 e. The minimum Gasteiger partial charge on any atom is -0.618 e. The zero-order valence-corrected chi connectivity index (χ0v) is 21.6. The van der Waals surface area contributed by atoms with Crippen LogP contribution in [0.3, 0.4) is 0 Å². The van der Waals surface area contributed by atoms with E-state index in [0.29, 0.717) is 4.73 Å². The van der Waals surface area contributed by atoms with Gasteiger partial charge >= 0.3 is 5.97 Å². The highest BCUT2D eigenvalue weighted by atomic mass is 35.5. The largest absolute Gasteiger partial charge is 0.618 e. The smallest absolute Gasteiger partial charge is 0.356 e. The number of aromatic nitrogens is 10. The van der Waals surface area contributed by atoms with Crippen LogP contribution >= 0.6 is 11.6 Å². The first-order chi connectivity index (χ1) is 19.9. The molecule has 0 fully saturated rings. The van der Waals surface area contributed by atoms with E-state index in [1.807, 2.05) is 12.1 Å². The molecule has 1 aromatic carbocycles. The standard InChI is InChI=1S/C26H18ClFN10O3/c27-19-2-4-22(37-15-30-33-34-37)24(25(19)28)17-1-3-21(38(41)13-17)23(14-35-10-7-20(32-35)26(39)40)36-12-18(11-31-36)16-5-8-29-9-6-16/h1-13,15,23H,14H2,(H,39,40). The number of hydrogen-bond donors (Lipinski definition) is 1. The van der Waals surface area contributed by atoms with Crippen molar-refractivity contribution in [2.75, 3.05) is 0 Å². The van der Waals surface area contributed by atoms with Gasteiger partial charge in [-0.25, -0.2) is 9.18 Å². The third-order valence-electron chi connectivity index (χ3n) is 6.40. The number of tetrazole rings is 1. The number of carbonyl (C=O) groups is 1. The highest BCUT2D eigenvalue weighted by molar-refractivity contribution is 6.31. The summed E-state index contributed by atoms with van der Waals surface area (Å²) in [5.74, 6) is -1.92. The van der Waals surface area contributed by atoms with E-state index in [4.69, 9.17) is 11.6 Å². The Labute approximate surface area is 235 Å². The van der Waals surface area contributed by atoms with Gasteiger partial charge in [-0.1, -0.05) is 11.6 Å². The van der Waals surface area contributed by atoms with Gasteiger partial charge in [-0.3, -0.25) is 14.3 Å². The van der Waals surface area contributed by atoms with Crippen molar-refractivity contribution < 1.29 is 19.0 Å². The molecule has 0 bridgehead atoms. The number of carboxylic acid groups (broad SMARTS) is 1. The Morgan fingerprint density at radius 2 is 1.93 bits per heavy atom. The summed E-state index contributed by atoms with van der Waals surface area (Å²) in [6.07, 6.45) is 10.8. The Hall–Kier alpha value is -5.50. The molecule has 0 aliphatic heterocycles. The molecule has 0 saturated heterocycles. The third-order valence-corrected chi connectivity index (χ3v) is 6.69. The second-order valence-corrected chi connectivity index (χ2v) is 9.27. The van der Waals surface area contributed by atoms with Crippen LogP contribution in [0.2, 0.25) is 5.02 Å². The number of carboxylic acids is 1. The molecule has 0 aliphatic carbocycles. The predicted molar refractivity (Wildman–Crippen MR) is 141 cm³/mol. The molecule has 204 valence electrons. The Morgan fingerprint density at radius 1 is 1.10 bits per heavy atom. The van der Waals surface area contributed by atoms with Crippen molar-refractivity contribution in [1.29, 1.82) is 0 Å². The van der Waals surface area contributed by atoms with Gasteiger partial charge in [0, 0.05) is 36.4 Å². The van der Waals surface area contributed by atoms with E-state index in [9.17, 15) is 15.1 Å². The second kappa shape index (κ2) is 10.6. The summed E-state index contributed by atoms with van der Waals surface area (Å²) in [5, 5.41) is 42.3. The summed E-state index contributed by atoms with van der Waals surface area (Å²) >= 11 is 6.08. The van der Waals surface area contributed by atoms with Gasteiger partial charge in [-0.05, 0) is 52.4 Å². The number of rotatable bonds is 8. The number of halogens is 2. The van der Waals surface area contributed by atoms with Gasteiger partial charge < -0.3 is 10.3 Å². The first kappa shape index (κ1) is 25.8. The molecule has 6 aromatic rings. The molecule has 1 unspecified atom stereocenters. The molecule has 5 aromatic heterocycles. The van der Waals surface area contributed by atoms with Crippen LogP contribution in [0.15, 0.2) is 86.0 Å². The number of aromatic carboxylic acids is 1. The van der Waals surface area contributed by atoms with Crippen LogP contribution in [-0.4, -0.2) is 55.8 Å². The molecule has 15 heteroatoms. The number of pyridine rings is 2. The maximum atomic E-state index is 15.3. The average Bonchev–Trinajstić information content (AvgIpc) is 3.76. The van der Waals surface area contributed by atoms with Crippen LogP contribution < -0.4 is 4.73 Å². The van der Waals surface area contributed by atoms with Crippen LogP contribution in [0.1, 0.15) is 22.2 Å². The topological polar surface area (TPSA) is 156 Å². The number of benzene rings is 1.